The van der Waals surface area contributed by atoms with Crippen molar-refractivity contribution in [1.82, 2.24) is 25.0 Å². The molecule has 1 saturated heterocycles. The zero-order valence-electron chi connectivity index (χ0n) is 14.5. The van der Waals surface area contributed by atoms with Crippen LogP contribution in [0.5, 0.6) is 5.75 Å². The number of nitrogens with one attached hydrogen (secondary N) is 1. The van der Waals surface area contributed by atoms with Gasteiger partial charge in [-0.25, -0.2) is 9.78 Å². The Labute approximate surface area is 147 Å². The molecule has 0 radical (unpaired) electrons. The molecular formula is C17H24N6O2. The molecule has 0 atom stereocenters. The normalized spacial score (nSPS) is 14.4. The fourth-order valence-electron chi connectivity index (χ4n) is 2.87. The average molecular weight is 344 g/mol. The Morgan fingerprint density at radius 2 is 2.12 bits per heavy atom. The molecule has 134 valence electrons. The van der Waals surface area contributed by atoms with Crippen molar-refractivity contribution in [2.75, 3.05) is 44.7 Å². The van der Waals surface area contributed by atoms with E-state index in [4.69, 9.17) is 4.74 Å². The average Bonchev–Trinajstić information content (AvgIpc) is 3.19. The first-order valence-corrected chi connectivity index (χ1v) is 8.50. The van der Waals surface area contributed by atoms with Crippen LogP contribution in [0.3, 0.4) is 0 Å². The molecular weight excluding hydrogens is 320 g/mol. The summed E-state index contributed by atoms with van der Waals surface area (Å²) in [6.45, 7) is 4.45. The number of anilines is 1. The van der Waals surface area contributed by atoms with Crippen LogP contribution in [-0.4, -0.2) is 65.5 Å². The molecule has 2 heterocycles. The van der Waals surface area contributed by atoms with Gasteiger partial charge in [-0.3, -0.25) is 4.68 Å². The molecule has 3 rings (SSSR count). The number of carbonyl (C=O) groups excluding carboxylic acids is 1. The summed E-state index contributed by atoms with van der Waals surface area (Å²) in [6.07, 6.45) is 4.03. The fraction of sp³-hybridized carbons (Fsp3) is 0.471. The van der Waals surface area contributed by atoms with Crippen LogP contribution < -0.4 is 15.0 Å². The predicted octanol–water partition coefficient (Wildman–Crippen LogP) is 1.21. The smallest absolute Gasteiger partial charge is 0.317 e. The van der Waals surface area contributed by atoms with Gasteiger partial charge in [0.1, 0.15) is 18.4 Å². The number of ether oxygens (including phenoxy) is 1. The first-order valence-electron chi connectivity index (χ1n) is 8.50. The van der Waals surface area contributed by atoms with Crippen LogP contribution in [0.4, 0.5) is 10.5 Å². The first kappa shape index (κ1) is 17.1. The molecule has 2 aromatic rings. The Morgan fingerprint density at radius 3 is 2.84 bits per heavy atom. The molecule has 8 heteroatoms. The maximum atomic E-state index is 12.2. The minimum absolute atomic E-state index is 0.00359. The van der Waals surface area contributed by atoms with Crippen molar-refractivity contribution in [2.24, 2.45) is 0 Å². The number of carbonyl (C=O) groups is 1. The van der Waals surface area contributed by atoms with Crippen LogP contribution in [0, 0.1) is 0 Å². The summed E-state index contributed by atoms with van der Waals surface area (Å²) >= 11 is 0. The van der Waals surface area contributed by atoms with Gasteiger partial charge in [-0.1, -0.05) is 6.07 Å². The van der Waals surface area contributed by atoms with Gasteiger partial charge in [0.05, 0.1) is 7.11 Å². The summed E-state index contributed by atoms with van der Waals surface area (Å²) in [5.74, 6) is 0.852. The number of aromatic nitrogens is 3. The molecule has 0 unspecified atom stereocenters. The third-order valence-corrected chi connectivity index (χ3v) is 4.29. The van der Waals surface area contributed by atoms with E-state index < -0.39 is 0 Å². The van der Waals surface area contributed by atoms with Gasteiger partial charge in [-0.05, 0) is 18.6 Å². The lowest BCUT2D eigenvalue weighted by molar-refractivity contribution is 0.194. The third-order valence-electron chi connectivity index (χ3n) is 4.29. The summed E-state index contributed by atoms with van der Waals surface area (Å²) in [7, 11) is 1.67. The molecule has 8 nitrogen and oxygen atoms in total. The quantitative estimate of drug-likeness (QED) is 0.797. The van der Waals surface area contributed by atoms with E-state index >= 15 is 0 Å². The Hall–Kier alpha value is -2.77. The standard InChI is InChI=1S/C17H24N6O2/c1-25-16-5-2-4-15(12-16)21-8-10-22(11-9-21)17(24)19-6-3-7-23-14-18-13-20-23/h2,4-5,12-14H,3,6-11H2,1H3,(H,19,24). The molecule has 1 aromatic carbocycles. The van der Waals surface area contributed by atoms with Gasteiger partial charge in [0.2, 0.25) is 0 Å². The van der Waals surface area contributed by atoms with E-state index in [1.807, 2.05) is 23.1 Å². The van der Waals surface area contributed by atoms with E-state index in [9.17, 15) is 4.79 Å². The largest absolute Gasteiger partial charge is 0.497 e. The number of hydrogen-bond donors (Lipinski definition) is 1. The molecule has 1 aliphatic heterocycles. The number of piperazine rings is 1. The molecule has 0 aliphatic carbocycles. The number of nitrogens with zero attached hydrogens (tertiary/aromatic N) is 5. The number of aryl methyl sites for hydroxylation is 1. The van der Waals surface area contributed by atoms with Crippen molar-refractivity contribution >= 4 is 11.7 Å². The van der Waals surface area contributed by atoms with E-state index in [0.717, 1.165) is 37.5 Å². The first-order chi connectivity index (χ1) is 12.3. The Morgan fingerprint density at radius 1 is 1.28 bits per heavy atom. The van der Waals surface area contributed by atoms with Crippen molar-refractivity contribution in [2.45, 2.75) is 13.0 Å². The number of benzene rings is 1. The highest BCUT2D eigenvalue weighted by Gasteiger charge is 2.21. The van der Waals surface area contributed by atoms with Gasteiger partial charge in [-0.15, -0.1) is 0 Å². The Balaban J connectivity index is 1.39. The molecule has 0 spiro atoms. The minimum atomic E-state index is 0.00359. The van der Waals surface area contributed by atoms with Crippen molar-refractivity contribution in [3.05, 3.63) is 36.9 Å². The van der Waals surface area contributed by atoms with Gasteiger partial charge in [0.15, 0.2) is 0 Å². The molecule has 1 aliphatic rings. The lowest BCUT2D eigenvalue weighted by Crippen LogP contribution is -2.52. The van der Waals surface area contributed by atoms with E-state index in [2.05, 4.69) is 26.4 Å². The fourth-order valence-corrected chi connectivity index (χ4v) is 2.87. The zero-order valence-corrected chi connectivity index (χ0v) is 14.5. The minimum Gasteiger partial charge on any atom is -0.497 e. The van der Waals surface area contributed by atoms with E-state index in [0.29, 0.717) is 19.6 Å². The lowest BCUT2D eigenvalue weighted by Gasteiger charge is -2.36. The highest BCUT2D eigenvalue weighted by Crippen LogP contribution is 2.22. The summed E-state index contributed by atoms with van der Waals surface area (Å²) in [5, 5.41) is 7.01. The van der Waals surface area contributed by atoms with Gasteiger partial charge in [-0.2, -0.15) is 5.10 Å². The van der Waals surface area contributed by atoms with Crippen molar-refractivity contribution in [1.29, 1.82) is 0 Å². The monoisotopic (exact) mass is 344 g/mol. The van der Waals surface area contributed by atoms with Crippen molar-refractivity contribution < 1.29 is 9.53 Å². The highest BCUT2D eigenvalue weighted by atomic mass is 16.5. The molecule has 2 amide bonds. The topological polar surface area (TPSA) is 75.5 Å². The van der Waals surface area contributed by atoms with Crippen LogP contribution in [0.25, 0.3) is 0 Å². The molecule has 0 bridgehead atoms. The van der Waals surface area contributed by atoms with Crippen LogP contribution in [-0.2, 0) is 6.54 Å². The van der Waals surface area contributed by atoms with Gasteiger partial charge in [0.25, 0.3) is 0 Å². The molecule has 1 aromatic heterocycles. The maximum Gasteiger partial charge on any atom is 0.317 e. The van der Waals surface area contributed by atoms with Crippen LogP contribution in [0.2, 0.25) is 0 Å². The van der Waals surface area contributed by atoms with Gasteiger partial charge < -0.3 is 19.9 Å². The third kappa shape index (κ3) is 4.62. The van der Waals surface area contributed by atoms with E-state index in [-0.39, 0.29) is 6.03 Å². The van der Waals surface area contributed by atoms with Crippen LogP contribution >= 0.6 is 0 Å². The summed E-state index contributed by atoms with van der Waals surface area (Å²) in [6, 6.07) is 8.03. The number of urea groups is 1. The zero-order chi connectivity index (χ0) is 17.5. The summed E-state index contributed by atoms with van der Waals surface area (Å²) in [4.78, 5) is 20.3. The lowest BCUT2D eigenvalue weighted by atomic mass is 10.2. The SMILES string of the molecule is COc1cccc(N2CCN(C(=O)NCCCn3cncn3)CC2)c1. The van der Waals surface area contributed by atoms with Gasteiger partial charge in [0, 0.05) is 51.0 Å². The molecule has 0 saturated carbocycles. The van der Waals surface area contributed by atoms with Crippen molar-refractivity contribution in [3.63, 3.8) is 0 Å². The predicted molar refractivity (Wildman–Crippen MR) is 94.8 cm³/mol. The summed E-state index contributed by atoms with van der Waals surface area (Å²) in [5.41, 5.74) is 1.13. The molecule has 1 fully saturated rings. The second kappa shape index (κ2) is 8.36. The number of hydrogen-bond acceptors (Lipinski definition) is 5. The number of rotatable bonds is 6. The molecule has 25 heavy (non-hydrogen) atoms. The van der Waals surface area contributed by atoms with Crippen molar-refractivity contribution in [3.8, 4) is 5.75 Å². The van der Waals surface area contributed by atoms with Crippen LogP contribution in [0.1, 0.15) is 6.42 Å². The molecule has 1 N–H and O–H groups in total. The Kier molecular flexibility index (Phi) is 5.71. The van der Waals surface area contributed by atoms with Crippen LogP contribution in [0.15, 0.2) is 36.9 Å². The summed E-state index contributed by atoms with van der Waals surface area (Å²) < 4.78 is 7.04. The second-order valence-corrected chi connectivity index (χ2v) is 5.92. The van der Waals surface area contributed by atoms with Gasteiger partial charge >= 0.3 is 6.03 Å². The number of amides is 2. The Bertz CT molecular complexity index is 668. The highest BCUT2D eigenvalue weighted by molar-refractivity contribution is 5.74. The maximum absolute atomic E-state index is 12.2. The van der Waals surface area contributed by atoms with E-state index in [1.54, 1.807) is 18.1 Å². The van der Waals surface area contributed by atoms with E-state index in [1.165, 1.54) is 6.33 Å². The second-order valence-electron chi connectivity index (χ2n) is 5.92. The number of methoxy groups -OCH3 is 1.